The fraction of sp³-hybridized carbons (Fsp3) is 0.333. The van der Waals surface area contributed by atoms with Gasteiger partial charge in [0.05, 0.1) is 6.04 Å². The molecule has 1 unspecified atom stereocenters. The number of carbonyl (C=O) groups is 2. The summed E-state index contributed by atoms with van der Waals surface area (Å²) in [4.78, 5) is 26.2. The van der Waals surface area contributed by atoms with Crippen LogP contribution in [0.25, 0.3) is 0 Å². The van der Waals surface area contributed by atoms with Gasteiger partial charge in [0.1, 0.15) is 0 Å². The Morgan fingerprint density at radius 2 is 1.80 bits per heavy atom. The topological polar surface area (TPSA) is 49.4 Å². The first-order valence-corrected chi connectivity index (χ1v) is 8.74. The van der Waals surface area contributed by atoms with Crippen LogP contribution in [0.4, 0.5) is 5.69 Å². The Hall–Kier alpha value is -2.62. The average molecular weight is 336 g/mol. The van der Waals surface area contributed by atoms with E-state index in [1.54, 1.807) is 17.9 Å². The number of nitrogens with one attached hydrogen (secondary N) is 1. The number of benzene rings is 2. The Bertz CT molecular complexity index is 784. The molecule has 1 N–H and O–H groups in total. The van der Waals surface area contributed by atoms with E-state index >= 15 is 0 Å². The summed E-state index contributed by atoms with van der Waals surface area (Å²) in [5.74, 6) is 0.250. The number of amides is 2. The van der Waals surface area contributed by atoms with Gasteiger partial charge in [-0.15, -0.1) is 0 Å². The van der Waals surface area contributed by atoms with Crippen molar-refractivity contribution in [2.45, 2.75) is 33.2 Å². The molecule has 2 aromatic rings. The minimum Gasteiger partial charge on any atom is -0.345 e. The van der Waals surface area contributed by atoms with Crippen molar-refractivity contribution in [3.8, 4) is 0 Å². The zero-order chi connectivity index (χ0) is 18.0. The number of hydrogen-bond donors (Lipinski definition) is 1. The smallest absolute Gasteiger partial charge is 0.251 e. The molecular formula is C21H24N2O2. The van der Waals surface area contributed by atoms with Crippen LogP contribution in [0.2, 0.25) is 0 Å². The Kier molecular flexibility index (Phi) is 4.88. The Morgan fingerprint density at radius 1 is 1.08 bits per heavy atom. The van der Waals surface area contributed by atoms with Crippen LogP contribution < -0.4 is 10.2 Å². The molecule has 1 heterocycles. The molecule has 4 heteroatoms. The van der Waals surface area contributed by atoms with Crippen LogP contribution in [0, 0.1) is 5.92 Å². The number of rotatable bonds is 4. The van der Waals surface area contributed by atoms with E-state index in [0.29, 0.717) is 12.1 Å². The van der Waals surface area contributed by atoms with Crippen LogP contribution in [0.15, 0.2) is 48.5 Å². The fourth-order valence-corrected chi connectivity index (χ4v) is 3.39. The number of anilines is 1. The molecule has 3 rings (SSSR count). The first-order valence-electron chi connectivity index (χ1n) is 8.74. The van der Waals surface area contributed by atoms with Gasteiger partial charge in [-0.05, 0) is 41.7 Å². The molecule has 1 aliphatic heterocycles. The second-order valence-corrected chi connectivity index (χ2v) is 6.87. The summed E-state index contributed by atoms with van der Waals surface area (Å²) in [5.41, 5.74) is 3.73. The molecular weight excluding hydrogens is 312 g/mol. The maximum atomic E-state index is 12.8. The van der Waals surface area contributed by atoms with Gasteiger partial charge in [0.2, 0.25) is 5.91 Å². The quantitative estimate of drug-likeness (QED) is 0.925. The monoisotopic (exact) mass is 336 g/mol. The van der Waals surface area contributed by atoms with Crippen molar-refractivity contribution in [1.82, 2.24) is 5.32 Å². The van der Waals surface area contributed by atoms with E-state index in [4.69, 9.17) is 0 Å². The zero-order valence-corrected chi connectivity index (χ0v) is 15.0. The van der Waals surface area contributed by atoms with Gasteiger partial charge < -0.3 is 10.2 Å². The second-order valence-electron chi connectivity index (χ2n) is 6.87. The van der Waals surface area contributed by atoms with Crippen molar-refractivity contribution >= 4 is 17.5 Å². The summed E-state index contributed by atoms with van der Waals surface area (Å²) in [7, 11) is 0. The predicted octanol–water partition coefficient (Wildman–Crippen LogP) is 3.72. The van der Waals surface area contributed by atoms with E-state index in [1.165, 1.54) is 0 Å². The van der Waals surface area contributed by atoms with Gasteiger partial charge in [0.15, 0.2) is 0 Å². The Morgan fingerprint density at radius 3 is 2.44 bits per heavy atom. The van der Waals surface area contributed by atoms with Crippen molar-refractivity contribution in [3.05, 3.63) is 65.2 Å². The molecule has 2 aromatic carbocycles. The molecule has 0 fully saturated rings. The molecule has 0 spiro atoms. The van der Waals surface area contributed by atoms with E-state index in [-0.39, 0.29) is 23.8 Å². The largest absolute Gasteiger partial charge is 0.345 e. The highest BCUT2D eigenvalue weighted by Gasteiger charge is 2.24. The van der Waals surface area contributed by atoms with Gasteiger partial charge in [-0.2, -0.15) is 0 Å². The molecule has 2 amide bonds. The van der Waals surface area contributed by atoms with Gasteiger partial charge in [-0.1, -0.05) is 44.2 Å². The predicted molar refractivity (Wildman–Crippen MR) is 99.7 cm³/mol. The molecule has 0 saturated heterocycles. The summed E-state index contributed by atoms with van der Waals surface area (Å²) in [6.45, 7) is 6.47. The maximum absolute atomic E-state index is 12.8. The normalized spacial score (nSPS) is 14.3. The van der Waals surface area contributed by atoms with Crippen LogP contribution in [-0.2, 0) is 11.2 Å². The van der Waals surface area contributed by atoms with Gasteiger partial charge in [-0.3, -0.25) is 9.59 Å². The first-order chi connectivity index (χ1) is 12.0. The standard InChI is InChI=1S/C21H24N2O2/c1-14(2)20(16-7-5-4-6-8-16)22-21(25)18-9-10-19-17(13-18)11-12-23(19)15(3)24/h4-10,13-14,20H,11-12H2,1-3H3,(H,22,25). The maximum Gasteiger partial charge on any atom is 0.251 e. The van der Waals surface area contributed by atoms with Gasteiger partial charge >= 0.3 is 0 Å². The first kappa shape index (κ1) is 17.2. The van der Waals surface area contributed by atoms with E-state index in [9.17, 15) is 9.59 Å². The lowest BCUT2D eigenvalue weighted by atomic mass is 9.95. The average Bonchev–Trinajstić information content (AvgIpc) is 3.03. The lowest BCUT2D eigenvalue weighted by Gasteiger charge is -2.23. The molecule has 130 valence electrons. The lowest BCUT2D eigenvalue weighted by molar-refractivity contribution is -0.116. The highest BCUT2D eigenvalue weighted by Crippen LogP contribution is 2.29. The Balaban J connectivity index is 1.80. The molecule has 0 saturated carbocycles. The molecule has 25 heavy (non-hydrogen) atoms. The van der Waals surface area contributed by atoms with Crippen LogP contribution >= 0.6 is 0 Å². The van der Waals surface area contributed by atoms with Gasteiger partial charge in [0.25, 0.3) is 5.91 Å². The molecule has 0 aromatic heterocycles. The minimum absolute atomic E-state index is 0.0318. The SMILES string of the molecule is CC(=O)N1CCc2cc(C(=O)NC(c3ccccc3)C(C)C)ccc21. The molecule has 0 aliphatic carbocycles. The number of hydrogen-bond acceptors (Lipinski definition) is 2. The van der Waals surface area contributed by atoms with Crippen molar-refractivity contribution in [1.29, 1.82) is 0 Å². The van der Waals surface area contributed by atoms with Crippen LogP contribution in [-0.4, -0.2) is 18.4 Å². The van der Waals surface area contributed by atoms with Crippen molar-refractivity contribution in [2.24, 2.45) is 5.92 Å². The van der Waals surface area contributed by atoms with Crippen LogP contribution in [0.3, 0.4) is 0 Å². The minimum atomic E-state index is -0.0772. The summed E-state index contributed by atoms with van der Waals surface area (Å²) >= 11 is 0. The van der Waals surface area contributed by atoms with E-state index in [1.807, 2.05) is 42.5 Å². The summed E-state index contributed by atoms with van der Waals surface area (Å²) in [5, 5.41) is 3.15. The van der Waals surface area contributed by atoms with E-state index < -0.39 is 0 Å². The molecule has 1 aliphatic rings. The Labute approximate surface area is 148 Å². The number of nitrogens with zero attached hydrogens (tertiary/aromatic N) is 1. The third-order valence-corrected chi connectivity index (χ3v) is 4.73. The highest BCUT2D eigenvalue weighted by atomic mass is 16.2. The van der Waals surface area contributed by atoms with Gasteiger partial charge in [-0.25, -0.2) is 0 Å². The molecule has 0 bridgehead atoms. The summed E-state index contributed by atoms with van der Waals surface area (Å²) < 4.78 is 0. The molecule has 4 nitrogen and oxygen atoms in total. The van der Waals surface area contributed by atoms with Crippen LogP contribution in [0.1, 0.15) is 48.3 Å². The van der Waals surface area contributed by atoms with Gasteiger partial charge in [0, 0.05) is 24.7 Å². The third-order valence-electron chi connectivity index (χ3n) is 4.73. The summed E-state index contributed by atoms with van der Waals surface area (Å²) in [6.07, 6.45) is 0.794. The fourth-order valence-electron chi connectivity index (χ4n) is 3.39. The highest BCUT2D eigenvalue weighted by molar-refractivity contribution is 5.98. The number of fused-ring (bicyclic) bond motifs is 1. The third kappa shape index (κ3) is 3.58. The van der Waals surface area contributed by atoms with E-state index in [2.05, 4.69) is 19.2 Å². The number of carbonyl (C=O) groups excluding carboxylic acids is 2. The molecule has 0 radical (unpaired) electrons. The van der Waals surface area contributed by atoms with Crippen molar-refractivity contribution in [3.63, 3.8) is 0 Å². The zero-order valence-electron chi connectivity index (χ0n) is 15.0. The van der Waals surface area contributed by atoms with Crippen molar-refractivity contribution in [2.75, 3.05) is 11.4 Å². The second kappa shape index (κ2) is 7.09. The van der Waals surface area contributed by atoms with Crippen LogP contribution in [0.5, 0.6) is 0 Å². The lowest BCUT2D eigenvalue weighted by Crippen LogP contribution is -2.31. The molecule has 1 atom stereocenters. The summed E-state index contributed by atoms with van der Waals surface area (Å²) in [6, 6.07) is 15.6. The van der Waals surface area contributed by atoms with E-state index in [0.717, 1.165) is 23.2 Å². The van der Waals surface area contributed by atoms with Crippen molar-refractivity contribution < 1.29 is 9.59 Å².